The number of para-hydroxylation sites is 1. The zero-order chi connectivity index (χ0) is 15.5. The van der Waals surface area contributed by atoms with Crippen LogP contribution in [0.15, 0.2) is 60.7 Å². The van der Waals surface area contributed by atoms with E-state index in [1.54, 1.807) is 4.68 Å². The molecule has 0 spiro atoms. The molecule has 2 amide bonds. The number of carbonyl (C=O) groups excluding carboxylic acids is 1. The van der Waals surface area contributed by atoms with E-state index in [0.717, 1.165) is 16.9 Å². The van der Waals surface area contributed by atoms with Crippen molar-refractivity contribution in [1.82, 2.24) is 9.78 Å². The van der Waals surface area contributed by atoms with E-state index in [4.69, 9.17) is 5.73 Å². The van der Waals surface area contributed by atoms with Crippen LogP contribution in [0, 0.1) is 6.92 Å². The van der Waals surface area contributed by atoms with E-state index in [9.17, 15) is 4.79 Å². The Morgan fingerprint density at radius 1 is 1.09 bits per heavy atom. The van der Waals surface area contributed by atoms with Gasteiger partial charge >= 0.3 is 6.03 Å². The predicted octanol–water partition coefficient (Wildman–Crippen LogP) is 3.34. The number of aromatic nitrogens is 2. The zero-order valence-corrected chi connectivity index (χ0v) is 12.2. The highest BCUT2D eigenvalue weighted by Crippen LogP contribution is 2.25. The highest BCUT2D eigenvalue weighted by Gasteiger charge is 2.12. The van der Waals surface area contributed by atoms with Gasteiger partial charge in [0.2, 0.25) is 0 Å². The Morgan fingerprint density at radius 3 is 2.41 bits per heavy atom. The molecule has 0 saturated heterocycles. The quantitative estimate of drug-likeness (QED) is 0.777. The van der Waals surface area contributed by atoms with Gasteiger partial charge in [0, 0.05) is 11.6 Å². The topological polar surface area (TPSA) is 72.9 Å². The number of primary amides is 1. The lowest BCUT2D eigenvalue weighted by Gasteiger charge is -2.06. The molecule has 3 rings (SSSR count). The number of rotatable bonds is 3. The van der Waals surface area contributed by atoms with Crippen LogP contribution in [0.4, 0.5) is 10.6 Å². The number of aryl methyl sites for hydroxylation is 1. The average molecular weight is 292 g/mol. The monoisotopic (exact) mass is 292 g/mol. The van der Waals surface area contributed by atoms with E-state index in [0.29, 0.717) is 5.82 Å². The summed E-state index contributed by atoms with van der Waals surface area (Å²) in [4.78, 5) is 11.2. The number of urea groups is 1. The number of nitrogens with two attached hydrogens (primary N) is 1. The lowest BCUT2D eigenvalue weighted by Crippen LogP contribution is -2.21. The fourth-order valence-corrected chi connectivity index (χ4v) is 2.23. The van der Waals surface area contributed by atoms with Crippen molar-refractivity contribution in [3.63, 3.8) is 0 Å². The van der Waals surface area contributed by atoms with Crippen molar-refractivity contribution >= 4 is 11.8 Å². The molecule has 0 aliphatic heterocycles. The van der Waals surface area contributed by atoms with Gasteiger partial charge in [0.05, 0.1) is 11.4 Å². The average Bonchev–Trinajstić information content (AvgIpc) is 2.92. The number of carbonyl (C=O) groups is 1. The van der Waals surface area contributed by atoms with Crippen LogP contribution in [-0.4, -0.2) is 15.8 Å². The van der Waals surface area contributed by atoms with Gasteiger partial charge in [-0.3, -0.25) is 5.32 Å². The van der Waals surface area contributed by atoms with Crippen LogP contribution in [-0.2, 0) is 0 Å². The van der Waals surface area contributed by atoms with Crippen LogP contribution >= 0.6 is 0 Å². The van der Waals surface area contributed by atoms with Crippen LogP contribution in [0.3, 0.4) is 0 Å². The second-order valence-corrected chi connectivity index (χ2v) is 5.02. The third kappa shape index (κ3) is 2.83. The Hall–Kier alpha value is -3.08. The molecular weight excluding hydrogens is 276 g/mol. The summed E-state index contributed by atoms with van der Waals surface area (Å²) >= 11 is 0. The van der Waals surface area contributed by atoms with Crippen molar-refractivity contribution in [2.45, 2.75) is 6.92 Å². The lowest BCUT2D eigenvalue weighted by molar-refractivity contribution is 0.259. The second-order valence-electron chi connectivity index (χ2n) is 5.02. The van der Waals surface area contributed by atoms with Crippen molar-refractivity contribution < 1.29 is 4.79 Å². The third-order valence-electron chi connectivity index (χ3n) is 3.31. The van der Waals surface area contributed by atoms with E-state index in [1.807, 2.05) is 67.6 Å². The standard InChI is InChI=1S/C17H16N4O/c1-12-7-9-13(10-8-12)15-11-16(19-17(18)22)21(20-15)14-5-3-2-4-6-14/h2-11H,1H3,(H3,18,19,22). The van der Waals surface area contributed by atoms with Gasteiger partial charge in [-0.15, -0.1) is 0 Å². The van der Waals surface area contributed by atoms with Gasteiger partial charge in [-0.25, -0.2) is 9.48 Å². The molecule has 0 atom stereocenters. The molecule has 0 aliphatic rings. The van der Waals surface area contributed by atoms with Gasteiger partial charge in [-0.2, -0.15) is 5.10 Å². The Morgan fingerprint density at radius 2 is 1.77 bits per heavy atom. The van der Waals surface area contributed by atoms with Gasteiger partial charge in [0.25, 0.3) is 0 Å². The first-order chi connectivity index (χ1) is 10.6. The first-order valence-corrected chi connectivity index (χ1v) is 6.92. The molecule has 3 aromatic rings. The van der Waals surface area contributed by atoms with E-state index in [1.165, 1.54) is 5.56 Å². The van der Waals surface area contributed by atoms with Crippen LogP contribution < -0.4 is 11.1 Å². The Labute approximate surface area is 128 Å². The second kappa shape index (κ2) is 5.73. The number of amides is 2. The number of anilines is 1. The molecule has 0 saturated carbocycles. The van der Waals surface area contributed by atoms with Gasteiger partial charge in [-0.1, -0.05) is 48.0 Å². The number of benzene rings is 2. The van der Waals surface area contributed by atoms with E-state index in [-0.39, 0.29) is 0 Å². The first-order valence-electron chi connectivity index (χ1n) is 6.92. The molecular formula is C17H16N4O. The molecule has 2 aromatic carbocycles. The van der Waals surface area contributed by atoms with Gasteiger partial charge < -0.3 is 5.73 Å². The first kappa shape index (κ1) is 13.9. The summed E-state index contributed by atoms with van der Waals surface area (Å²) in [5, 5.41) is 7.19. The number of hydrogen-bond acceptors (Lipinski definition) is 2. The molecule has 3 N–H and O–H groups in total. The summed E-state index contributed by atoms with van der Waals surface area (Å²) in [7, 11) is 0. The molecule has 0 unspecified atom stereocenters. The summed E-state index contributed by atoms with van der Waals surface area (Å²) < 4.78 is 1.67. The molecule has 0 bridgehead atoms. The minimum absolute atomic E-state index is 0.536. The molecule has 0 fully saturated rings. The molecule has 22 heavy (non-hydrogen) atoms. The maximum atomic E-state index is 11.2. The number of nitrogens with zero attached hydrogens (tertiary/aromatic N) is 2. The number of nitrogens with one attached hydrogen (secondary N) is 1. The molecule has 1 aromatic heterocycles. The Bertz CT molecular complexity index is 791. The van der Waals surface area contributed by atoms with Crippen LogP contribution in [0.25, 0.3) is 16.9 Å². The molecule has 1 heterocycles. The molecule has 0 radical (unpaired) electrons. The third-order valence-corrected chi connectivity index (χ3v) is 3.31. The lowest BCUT2D eigenvalue weighted by atomic mass is 10.1. The fraction of sp³-hybridized carbons (Fsp3) is 0.0588. The minimum atomic E-state index is -0.618. The Kier molecular flexibility index (Phi) is 3.62. The van der Waals surface area contributed by atoms with Gasteiger partial charge in [0.1, 0.15) is 5.82 Å². The van der Waals surface area contributed by atoms with Crippen molar-refractivity contribution in [3.05, 3.63) is 66.2 Å². The summed E-state index contributed by atoms with van der Waals surface area (Å²) in [6.07, 6.45) is 0. The highest BCUT2D eigenvalue weighted by molar-refractivity contribution is 5.88. The van der Waals surface area contributed by atoms with E-state index >= 15 is 0 Å². The van der Waals surface area contributed by atoms with Gasteiger partial charge in [0.15, 0.2) is 0 Å². The largest absolute Gasteiger partial charge is 0.351 e. The van der Waals surface area contributed by atoms with E-state index in [2.05, 4.69) is 10.4 Å². The van der Waals surface area contributed by atoms with Gasteiger partial charge in [-0.05, 0) is 19.1 Å². The smallest absolute Gasteiger partial charge is 0.317 e. The van der Waals surface area contributed by atoms with Crippen LogP contribution in [0.5, 0.6) is 0 Å². The predicted molar refractivity (Wildman–Crippen MR) is 86.9 cm³/mol. The van der Waals surface area contributed by atoms with Crippen LogP contribution in [0.2, 0.25) is 0 Å². The zero-order valence-electron chi connectivity index (χ0n) is 12.2. The van der Waals surface area contributed by atoms with E-state index < -0.39 is 6.03 Å². The van der Waals surface area contributed by atoms with Crippen LogP contribution in [0.1, 0.15) is 5.56 Å². The normalized spacial score (nSPS) is 10.4. The SMILES string of the molecule is Cc1ccc(-c2cc(NC(N)=O)n(-c3ccccc3)n2)cc1. The maximum absolute atomic E-state index is 11.2. The van der Waals surface area contributed by atoms with Crippen molar-refractivity contribution in [2.24, 2.45) is 5.73 Å². The molecule has 110 valence electrons. The highest BCUT2D eigenvalue weighted by atomic mass is 16.2. The minimum Gasteiger partial charge on any atom is -0.351 e. The fourth-order valence-electron chi connectivity index (χ4n) is 2.23. The summed E-state index contributed by atoms with van der Waals surface area (Å²) in [5.74, 6) is 0.536. The molecule has 5 nitrogen and oxygen atoms in total. The maximum Gasteiger partial charge on any atom is 0.317 e. The molecule has 5 heteroatoms. The van der Waals surface area contributed by atoms with Crippen molar-refractivity contribution in [1.29, 1.82) is 0 Å². The summed E-state index contributed by atoms with van der Waals surface area (Å²) in [6, 6.07) is 18.8. The number of hydrogen-bond donors (Lipinski definition) is 2. The Balaban J connectivity index is 2.08. The summed E-state index contributed by atoms with van der Waals surface area (Å²) in [5.41, 5.74) is 9.03. The molecule has 0 aliphatic carbocycles. The summed E-state index contributed by atoms with van der Waals surface area (Å²) in [6.45, 7) is 2.03. The van der Waals surface area contributed by atoms with Crippen molar-refractivity contribution in [3.8, 4) is 16.9 Å². The van der Waals surface area contributed by atoms with Crippen molar-refractivity contribution in [2.75, 3.05) is 5.32 Å².